The van der Waals surface area contributed by atoms with Crippen LogP contribution in [0.5, 0.6) is 0 Å². The number of thiazole rings is 1. The normalized spacial score (nSPS) is 10.5. The van der Waals surface area contributed by atoms with Crippen LogP contribution in [0.15, 0.2) is 23.6 Å². The van der Waals surface area contributed by atoms with Gasteiger partial charge in [-0.15, -0.1) is 11.3 Å². The maximum atomic E-state index is 13.1. The van der Waals surface area contributed by atoms with E-state index in [4.69, 9.17) is 5.11 Å². The first-order chi connectivity index (χ1) is 8.06. The Morgan fingerprint density at radius 1 is 1.53 bits per heavy atom. The predicted octanol–water partition coefficient (Wildman–Crippen LogP) is 2.88. The van der Waals surface area contributed by atoms with Gasteiger partial charge in [-0.1, -0.05) is 6.07 Å². The van der Waals surface area contributed by atoms with Crippen molar-refractivity contribution in [3.05, 3.63) is 40.7 Å². The zero-order chi connectivity index (χ0) is 12.4. The highest BCUT2D eigenvalue weighted by atomic mass is 32.1. The molecule has 3 nitrogen and oxygen atoms in total. The minimum absolute atomic E-state index is 0.106. The standard InChI is InChI=1S/C12H10FNO2S/c1-7-2-3-8(13)4-10(7)12-14-9(6-17-12)5-11(15)16/h2-4,6H,5H2,1H3,(H,15,16). The van der Waals surface area contributed by atoms with Crippen LogP contribution < -0.4 is 0 Å². The number of carboxylic acids is 1. The van der Waals surface area contributed by atoms with Crippen LogP contribution in [0.2, 0.25) is 0 Å². The van der Waals surface area contributed by atoms with E-state index in [1.54, 1.807) is 11.4 Å². The predicted molar refractivity (Wildman–Crippen MR) is 63.6 cm³/mol. The lowest BCUT2D eigenvalue weighted by Gasteiger charge is -2.01. The molecule has 0 unspecified atom stereocenters. The van der Waals surface area contributed by atoms with Crippen LogP contribution >= 0.6 is 11.3 Å². The number of hydrogen-bond donors (Lipinski definition) is 1. The molecule has 5 heteroatoms. The summed E-state index contributed by atoms with van der Waals surface area (Å²) < 4.78 is 13.1. The number of nitrogens with zero attached hydrogens (tertiary/aromatic N) is 1. The largest absolute Gasteiger partial charge is 0.481 e. The maximum absolute atomic E-state index is 13.1. The molecule has 0 amide bonds. The van der Waals surface area contributed by atoms with E-state index < -0.39 is 5.97 Å². The van der Waals surface area contributed by atoms with E-state index in [0.29, 0.717) is 16.3 Å². The van der Waals surface area contributed by atoms with Crippen molar-refractivity contribution in [3.8, 4) is 10.6 Å². The lowest BCUT2D eigenvalue weighted by molar-refractivity contribution is -0.136. The molecule has 0 atom stereocenters. The minimum atomic E-state index is -0.919. The van der Waals surface area contributed by atoms with Gasteiger partial charge in [0.1, 0.15) is 10.8 Å². The number of carboxylic acid groups (broad SMARTS) is 1. The Morgan fingerprint density at radius 2 is 2.29 bits per heavy atom. The summed E-state index contributed by atoms with van der Waals surface area (Å²) >= 11 is 1.33. The fourth-order valence-electron chi connectivity index (χ4n) is 1.49. The molecule has 0 bridgehead atoms. The molecule has 17 heavy (non-hydrogen) atoms. The summed E-state index contributed by atoms with van der Waals surface area (Å²) in [7, 11) is 0. The van der Waals surface area contributed by atoms with E-state index in [1.165, 1.54) is 23.5 Å². The zero-order valence-corrected chi connectivity index (χ0v) is 9.92. The molecule has 0 saturated carbocycles. The quantitative estimate of drug-likeness (QED) is 0.912. The summed E-state index contributed by atoms with van der Waals surface area (Å²) in [6.07, 6.45) is -0.106. The van der Waals surface area contributed by atoms with Gasteiger partial charge in [0.05, 0.1) is 12.1 Å². The second-order valence-electron chi connectivity index (χ2n) is 3.67. The van der Waals surface area contributed by atoms with E-state index in [2.05, 4.69) is 4.98 Å². The number of rotatable bonds is 3. The van der Waals surface area contributed by atoms with E-state index in [1.807, 2.05) is 6.92 Å². The SMILES string of the molecule is Cc1ccc(F)cc1-c1nc(CC(=O)O)cs1. The number of aromatic nitrogens is 1. The second-order valence-corrected chi connectivity index (χ2v) is 4.53. The molecule has 0 aliphatic carbocycles. The third-order valence-electron chi connectivity index (χ3n) is 2.31. The minimum Gasteiger partial charge on any atom is -0.481 e. The third kappa shape index (κ3) is 2.68. The molecule has 0 aliphatic heterocycles. The van der Waals surface area contributed by atoms with Crippen molar-refractivity contribution in [2.75, 3.05) is 0 Å². The van der Waals surface area contributed by atoms with E-state index in [9.17, 15) is 9.18 Å². The summed E-state index contributed by atoms with van der Waals surface area (Å²) in [5, 5.41) is 11.0. The van der Waals surface area contributed by atoms with Crippen LogP contribution in [0.25, 0.3) is 10.6 Å². The van der Waals surface area contributed by atoms with Gasteiger partial charge in [0.2, 0.25) is 0 Å². The molecule has 1 heterocycles. The Hall–Kier alpha value is -1.75. The first kappa shape index (κ1) is 11.7. The number of aliphatic carboxylic acids is 1. The number of aryl methyl sites for hydroxylation is 1. The van der Waals surface area contributed by atoms with E-state index in [0.717, 1.165) is 5.56 Å². The van der Waals surface area contributed by atoms with Gasteiger partial charge < -0.3 is 5.11 Å². The molecule has 0 aliphatic rings. The van der Waals surface area contributed by atoms with Gasteiger partial charge >= 0.3 is 5.97 Å². The third-order valence-corrected chi connectivity index (χ3v) is 3.24. The van der Waals surface area contributed by atoms with Gasteiger partial charge in [-0.05, 0) is 24.6 Å². The molecule has 0 radical (unpaired) electrons. The zero-order valence-electron chi connectivity index (χ0n) is 9.11. The highest BCUT2D eigenvalue weighted by Crippen LogP contribution is 2.27. The Labute approximate surface area is 102 Å². The summed E-state index contributed by atoms with van der Waals surface area (Å²) in [6.45, 7) is 1.87. The smallest absolute Gasteiger partial charge is 0.309 e. The highest BCUT2D eigenvalue weighted by Gasteiger charge is 2.10. The van der Waals surface area contributed by atoms with Gasteiger partial charge in [-0.3, -0.25) is 4.79 Å². The number of benzene rings is 1. The first-order valence-corrected chi connectivity index (χ1v) is 5.87. The first-order valence-electron chi connectivity index (χ1n) is 4.99. The van der Waals surface area contributed by atoms with Crippen LogP contribution in [0.3, 0.4) is 0 Å². The summed E-state index contributed by atoms with van der Waals surface area (Å²) in [4.78, 5) is 14.7. The lowest BCUT2D eigenvalue weighted by atomic mass is 10.1. The second kappa shape index (κ2) is 4.63. The number of hydrogen-bond acceptors (Lipinski definition) is 3. The van der Waals surface area contributed by atoms with Gasteiger partial charge in [0, 0.05) is 10.9 Å². The van der Waals surface area contributed by atoms with Crippen LogP contribution in [-0.4, -0.2) is 16.1 Å². The van der Waals surface area contributed by atoms with Crippen molar-refractivity contribution < 1.29 is 14.3 Å². The number of halogens is 1. The van der Waals surface area contributed by atoms with Crippen molar-refractivity contribution in [1.29, 1.82) is 0 Å². The van der Waals surface area contributed by atoms with Crippen molar-refractivity contribution >= 4 is 17.3 Å². The van der Waals surface area contributed by atoms with E-state index in [-0.39, 0.29) is 12.2 Å². The van der Waals surface area contributed by atoms with Crippen molar-refractivity contribution in [3.63, 3.8) is 0 Å². The fraction of sp³-hybridized carbons (Fsp3) is 0.167. The average Bonchev–Trinajstić information content (AvgIpc) is 2.69. The maximum Gasteiger partial charge on any atom is 0.309 e. The van der Waals surface area contributed by atoms with Crippen LogP contribution in [0.1, 0.15) is 11.3 Å². The molecule has 1 aromatic heterocycles. The van der Waals surface area contributed by atoms with E-state index >= 15 is 0 Å². The number of carbonyl (C=O) groups is 1. The molecule has 1 N–H and O–H groups in total. The highest BCUT2D eigenvalue weighted by molar-refractivity contribution is 7.13. The van der Waals surface area contributed by atoms with Gasteiger partial charge in [0.25, 0.3) is 0 Å². The van der Waals surface area contributed by atoms with Crippen molar-refractivity contribution in [2.45, 2.75) is 13.3 Å². The van der Waals surface area contributed by atoms with Crippen molar-refractivity contribution in [1.82, 2.24) is 4.98 Å². The van der Waals surface area contributed by atoms with Gasteiger partial charge in [-0.25, -0.2) is 9.37 Å². The van der Waals surface area contributed by atoms with Crippen molar-refractivity contribution in [2.24, 2.45) is 0 Å². The Kier molecular flexibility index (Phi) is 3.19. The molecular weight excluding hydrogens is 241 g/mol. The van der Waals surface area contributed by atoms with Gasteiger partial charge in [0.15, 0.2) is 0 Å². The molecular formula is C12H10FNO2S. The Balaban J connectivity index is 2.36. The molecule has 88 valence electrons. The molecule has 0 spiro atoms. The summed E-state index contributed by atoms with van der Waals surface area (Å²) in [5.41, 5.74) is 2.13. The fourth-order valence-corrected chi connectivity index (χ4v) is 2.39. The lowest BCUT2D eigenvalue weighted by Crippen LogP contribution is -2.00. The Bertz CT molecular complexity index is 565. The van der Waals surface area contributed by atoms with Crippen LogP contribution in [0.4, 0.5) is 4.39 Å². The topological polar surface area (TPSA) is 50.2 Å². The molecule has 2 rings (SSSR count). The van der Waals surface area contributed by atoms with Crippen LogP contribution in [-0.2, 0) is 11.2 Å². The molecule has 0 saturated heterocycles. The summed E-state index contributed by atoms with van der Waals surface area (Å²) in [6, 6.07) is 4.49. The van der Waals surface area contributed by atoms with Gasteiger partial charge in [-0.2, -0.15) is 0 Å². The monoisotopic (exact) mass is 251 g/mol. The molecule has 0 fully saturated rings. The molecule has 1 aromatic carbocycles. The summed E-state index contributed by atoms with van der Waals surface area (Å²) in [5.74, 6) is -1.24. The molecule has 2 aromatic rings. The van der Waals surface area contributed by atoms with Crippen LogP contribution in [0, 0.1) is 12.7 Å². The Morgan fingerprint density at radius 3 is 3.00 bits per heavy atom. The average molecular weight is 251 g/mol.